The normalized spacial score (nSPS) is 10.7. The topological polar surface area (TPSA) is 113 Å². The minimum atomic E-state index is -0.358. The number of furan rings is 1. The third-order valence-electron chi connectivity index (χ3n) is 4.39. The molecule has 0 radical (unpaired) electrons. The lowest BCUT2D eigenvalue weighted by atomic mass is 10.2. The maximum absolute atomic E-state index is 12.4. The summed E-state index contributed by atoms with van der Waals surface area (Å²) >= 11 is 2.74. The molecular weight excluding hydrogens is 460 g/mol. The summed E-state index contributed by atoms with van der Waals surface area (Å²) in [6.07, 6.45) is 0. The number of fused-ring (bicyclic) bond motifs is 1. The van der Waals surface area contributed by atoms with Gasteiger partial charge in [0, 0.05) is 34.8 Å². The maximum Gasteiger partial charge on any atom is 0.293 e. The molecule has 2 aromatic heterocycles. The number of nitrogens with zero attached hydrogens (tertiary/aromatic N) is 1. The Labute approximate surface area is 197 Å². The van der Waals surface area contributed by atoms with Crippen molar-refractivity contribution >= 4 is 68.3 Å². The minimum absolute atomic E-state index is 0.138. The Morgan fingerprint density at radius 3 is 2.45 bits per heavy atom. The molecule has 4 rings (SSSR count). The zero-order chi connectivity index (χ0) is 23.2. The monoisotopic (exact) mass is 480 g/mol. The van der Waals surface area contributed by atoms with Crippen molar-refractivity contribution in [3.8, 4) is 0 Å². The predicted molar refractivity (Wildman–Crippen MR) is 132 cm³/mol. The molecule has 8 nitrogen and oxygen atoms in total. The second-order valence-corrected chi connectivity index (χ2v) is 8.89. The minimum Gasteiger partial charge on any atom is -0.451 e. The number of thiazole rings is 1. The van der Waals surface area contributed by atoms with E-state index in [1.54, 1.807) is 30.3 Å². The molecule has 0 saturated heterocycles. The average molecular weight is 481 g/mol. The Bertz CT molecular complexity index is 1260. The predicted octanol–water partition coefficient (Wildman–Crippen LogP) is 4.97. The van der Waals surface area contributed by atoms with Gasteiger partial charge in [-0.2, -0.15) is 0 Å². The summed E-state index contributed by atoms with van der Waals surface area (Å²) in [5, 5.41) is 11.4. The van der Waals surface area contributed by atoms with Crippen LogP contribution >= 0.6 is 23.1 Å². The molecule has 10 heteroatoms. The van der Waals surface area contributed by atoms with Gasteiger partial charge in [-0.3, -0.25) is 19.7 Å². The second-order valence-electron chi connectivity index (χ2n) is 7.05. The third kappa shape index (κ3) is 6.21. The van der Waals surface area contributed by atoms with Crippen LogP contribution in [0, 0.1) is 0 Å². The molecule has 3 N–H and O–H groups in total. The van der Waals surface area contributed by atoms with E-state index in [9.17, 15) is 14.4 Å². The van der Waals surface area contributed by atoms with Gasteiger partial charge in [0.1, 0.15) is 5.58 Å². The lowest BCUT2D eigenvalue weighted by molar-refractivity contribution is -0.114. The highest BCUT2D eigenvalue weighted by molar-refractivity contribution is 7.99. The van der Waals surface area contributed by atoms with Crippen LogP contribution in [0.25, 0.3) is 11.0 Å². The number of carbonyl (C=O) groups is 3. The standard InChI is InChI=1S/C23H20N4O4S2/c1-14(28)24-16-6-8-17(9-7-16)25-21(29)13-32-11-18-12-33-23(26-18)27-22(30)20-10-15-4-2-3-5-19(15)31-20/h2-10,12H,11,13H2,1H3,(H,24,28)(H,25,29)(H,26,27,30). The summed E-state index contributed by atoms with van der Waals surface area (Å²) in [7, 11) is 0. The highest BCUT2D eigenvalue weighted by atomic mass is 32.2. The molecule has 3 amide bonds. The highest BCUT2D eigenvalue weighted by Gasteiger charge is 2.14. The number of amides is 3. The fourth-order valence-corrected chi connectivity index (χ4v) is 4.50. The van der Waals surface area contributed by atoms with Crippen molar-refractivity contribution in [2.24, 2.45) is 0 Å². The zero-order valence-corrected chi connectivity index (χ0v) is 19.2. The molecule has 2 heterocycles. The van der Waals surface area contributed by atoms with Crippen molar-refractivity contribution in [1.82, 2.24) is 4.98 Å². The first-order valence-corrected chi connectivity index (χ1v) is 12.0. The molecule has 0 aliphatic rings. The largest absolute Gasteiger partial charge is 0.451 e. The first kappa shape index (κ1) is 22.6. The SMILES string of the molecule is CC(=O)Nc1ccc(NC(=O)CSCc2csc(NC(=O)c3cc4ccccc4o3)n2)cc1. The van der Waals surface area contributed by atoms with Crippen molar-refractivity contribution in [2.45, 2.75) is 12.7 Å². The van der Waals surface area contributed by atoms with Crippen LogP contribution in [0.1, 0.15) is 23.2 Å². The van der Waals surface area contributed by atoms with Gasteiger partial charge in [-0.15, -0.1) is 23.1 Å². The fraction of sp³-hybridized carbons (Fsp3) is 0.130. The molecule has 168 valence electrons. The first-order valence-electron chi connectivity index (χ1n) is 9.96. The second kappa shape index (κ2) is 10.3. The van der Waals surface area contributed by atoms with E-state index >= 15 is 0 Å². The van der Waals surface area contributed by atoms with Gasteiger partial charge in [-0.1, -0.05) is 18.2 Å². The molecule has 0 unspecified atom stereocenters. The summed E-state index contributed by atoms with van der Waals surface area (Å²) in [6, 6.07) is 16.0. The van der Waals surface area contributed by atoms with E-state index in [-0.39, 0.29) is 29.2 Å². The Hall–Kier alpha value is -3.63. The average Bonchev–Trinajstić information content (AvgIpc) is 3.41. The molecular formula is C23H20N4O4S2. The van der Waals surface area contributed by atoms with Crippen LogP contribution < -0.4 is 16.0 Å². The highest BCUT2D eigenvalue weighted by Crippen LogP contribution is 2.23. The van der Waals surface area contributed by atoms with E-state index in [0.717, 1.165) is 11.1 Å². The Morgan fingerprint density at radius 1 is 1.00 bits per heavy atom. The van der Waals surface area contributed by atoms with Gasteiger partial charge < -0.3 is 15.1 Å². The van der Waals surface area contributed by atoms with Crippen molar-refractivity contribution in [3.63, 3.8) is 0 Å². The molecule has 2 aromatic carbocycles. The van der Waals surface area contributed by atoms with E-state index < -0.39 is 0 Å². The van der Waals surface area contributed by atoms with Crippen LogP contribution in [0.4, 0.5) is 16.5 Å². The molecule has 0 saturated carbocycles. The number of para-hydroxylation sites is 1. The molecule has 33 heavy (non-hydrogen) atoms. The number of aromatic nitrogens is 1. The van der Waals surface area contributed by atoms with Gasteiger partial charge >= 0.3 is 0 Å². The number of anilines is 3. The van der Waals surface area contributed by atoms with E-state index in [1.165, 1.54) is 30.0 Å². The van der Waals surface area contributed by atoms with E-state index in [4.69, 9.17) is 4.42 Å². The van der Waals surface area contributed by atoms with Gasteiger partial charge in [0.2, 0.25) is 11.8 Å². The number of nitrogens with one attached hydrogen (secondary N) is 3. The third-order valence-corrected chi connectivity index (χ3v) is 6.17. The van der Waals surface area contributed by atoms with Crippen LogP contribution in [0.3, 0.4) is 0 Å². The number of benzene rings is 2. The van der Waals surface area contributed by atoms with Gasteiger partial charge in [0.05, 0.1) is 11.4 Å². The number of hydrogen-bond acceptors (Lipinski definition) is 7. The molecule has 0 atom stereocenters. The summed E-state index contributed by atoms with van der Waals surface area (Å²) in [5.74, 6) is 0.369. The molecule has 0 bridgehead atoms. The zero-order valence-electron chi connectivity index (χ0n) is 17.6. The van der Waals surface area contributed by atoms with Crippen molar-refractivity contribution in [3.05, 3.63) is 71.4 Å². The van der Waals surface area contributed by atoms with Crippen LogP contribution in [-0.2, 0) is 15.3 Å². The Morgan fingerprint density at radius 2 is 1.73 bits per heavy atom. The van der Waals surface area contributed by atoms with Crippen molar-refractivity contribution in [1.29, 1.82) is 0 Å². The molecule has 0 aliphatic heterocycles. The Balaban J connectivity index is 1.23. The number of thioether (sulfide) groups is 1. The molecule has 0 fully saturated rings. The summed E-state index contributed by atoms with van der Waals surface area (Å²) in [4.78, 5) is 40.0. The van der Waals surface area contributed by atoms with Gasteiger partial charge in [-0.25, -0.2) is 4.98 Å². The fourth-order valence-electron chi connectivity index (χ4n) is 2.97. The van der Waals surface area contributed by atoms with Crippen molar-refractivity contribution < 1.29 is 18.8 Å². The number of hydrogen-bond donors (Lipinski definition) is 3. The van der Waals surface area contributed by atoms with E-state index in [0.29, 0.717) is 27.8 Å². The van der Waals surface area contributed by atoms with Gasteiger partial charge in [0.25, 0.3) is 5.91 Å². The van der Waals surface area contributed by atoms with Gasteiger partial charge in [-0.05, 0) is 36.4 Å². The van der Waals surface area contributed by atoms with E-state index in [2.05, 4.69) is 20.9 Å². The van der Waals surface area contributed by atoms with Crippen LogP contribution in [0.15, 0.2) is 64.4 Å². The molecule has 4 aromatic rings. The van der Waals surface area contributed by atoms with Crippen LogP contribution in [0.5, 0.6) is 0 Å². The van der Waals surface area contributed by atoms with Crippen molar-refractivity contribution in [2.75, 3.05) is 21.7 Å². The maximum atomic E-state index is 12.4. The summed E-state index contributed by atoms with van der Waals surface area (Å²) < 4.78 is 5.57. The van der Waals surface area contributed by atoms with Gasteiger partial charge in [0.15, 0.2) is 10.9 Å². The Kier molecular flexibility index (Phi) is 7.06. The lowest BCUT2D eigenvalue weighted by Crippen LogP contribution is -2.14. The molecule has 0 aliphatic carbocycles. The number of rotatable bonds is 8. The first-order chi connectivity index (χ1) is 16.0. The summed E-state index contributed by atoms with van der Waals surface area (Å²) in [6.45, 7) is 1.44. The summed E-state index contributed by atoms with van der Waals surface area (Å²) in [5.41, 5.74) is 2.75. The smallest absolute Gasteiger partial charge is 0.293 e. The van der Waals surface area contributed by atoms with Crippen LogP contribution in [-0.4, -0.2) is 28.5 Å². The molecule has 0 spiro atoms. The van der Waals surface area contributed by atoms with Crippen LogP contribution in [0.2, 0.25) is 0 Å². The van der Waals surface area contributed by atoms with E-state index in [1.807, 2.05) is 29.6 Å². The number of carbonyl (C=O) groups excluding carboxylic acids is 3. The lowest BCUT2D eigenvalue weighted by Gasteiger charge is -2.06. The quantitative estimate of drug-likeness (QED) is 0.328.